The predicted octanol–water partition coefficient (Wildman–Crippen LogP) is 1.48. The Balaban J connectivity index is 1.82. The highest BCUT2D eigenvalue weighted by Gasteiger charge is 2.29. The third-order valence-corrected chi connectivity index (χ3v) is 5.55. The summed E-state index contributed by atoms with van der Waals surface area (Å²) in [7, 11) is -2.81. The minimum Gasteiger partial charge on any atom is -0.393 e. The SMILES string of the molecule is O=S1(=O)CCC(CC(O)Cc2ccsc2)C1. The summed E-state index contributed by atoms with van der Waals surface area (Å²) in [4.78, 5) is 0. The Morgan fingerprint density at radius 2 is 2.38 bits per heavy atom. The molecule has 1 aromatic heterocycles. The van der Waals surface area contributed by atoms with E-state index in [-0.39, 0.29) is 11.7 Å². The molecule has 2 atom stereocenters. The Bertz CT molecular complexity index is 422. The Hall–Kier alpha value is -0.390. The maximum absolute atomic E-state index is 11.3. The number of hydrogen-bond donors (Lipinski definition) is 1. The topological polar surface area (TPSA) is 54.4 Å². The number of aliphatic hydroxyl groups is 1. The zero-order valence-electron chi connectivity index (χ0n) is 9.00. The Labute approximate surface area is 100 Å². The smallest absolute Gasteiger partial charge is 0.150 e. The quantitative estimate of drug-likeness (QED) is 0.892. The Morgan fingerprint density at radius 1 is 1.56 bits per heavy atom. The molecule has 16 heavy (non-hydrogen) atoms. The van der Waals surface area contributed by atoms with E-state index in [9.17, 15) is 13.5 Å². The number of rotatable bonds is 4. The molecule has 0 saturated carbocycles. The molecular weight excluding hydrogens is 244 g/mol. The molecule has 1 aliphatic heterocycles. The lowest BCUT2D eigenvalue weighted by molar-refractivity contribution is 0.147. The number of thiophene rings is 1. The fraction of sp³-hybridized carbons (Fsp3) is 0.636. The lowest BCUT2D eigenvalue weighted by atomic mass is 9.98. The van der Waals surface area contributed by atoms with Gasteiger partial charge < -0.3 is 5.11 Å². The average Bonchev–Trinajstić information content (AvgIpc) is 2.76. The molecule has 2 heterocycles. The van der Waals surface area contributed by atoms with Crippen molar-refractivity contribution in [1.29, 1.82) is 0 Å². The van der Waals surface area contributed by atoms with Crippen molar-refractivity contribution in [1.82, 2.24) is 0 Å². The minimum atomic E-state index is -2.81. The summed E-state index contributed by atoms with van der Waals surface area (Å²) in [5.74, 6) is 0.704. The van der Waals surface area contributed by atoms with E-state index < -0.39 is 15.9 Å². The van der Waals surface area contributed by atoms with Crippen LogP contribution in [-0.2, 0) is 16.3 Å². The Kier molecular flexibility index (Phi) is 3.66. The molecule has 2 unspecified atom stereocenters. The van der Waals surface area contributed by atoms with Gasteiger partial charge in [-0.25, -0.2) is 8.42 Å². The predicted molar refractivity (Wildman–Crippen MR) is 65.4 cm³/mol. The molecule has 0 amide bonds. The van der Waals surface area contributed by atoms with E-state index in [1.807, 2.05) is 16.8 Å². The molecule has 1 aliphatic rings. The summed E-state index contributed by atoms with van der Waals surface area (Å²) in [6, 6.07) is 2.00. The van der Waals surface area contributed by atoms with Crippen molar-refractivity contribution >= 4 is 21.2 Å². The van der Waals surface area contributed by atoms with Gasteiger partial charge in [0, 0.05) is 0 Å². The Morgan fingerprint density at radius 3 is 2.94 bits per heavy atom. The maximum atomic E-state index is 11.3. The van der Waals surface area contributed by atoms with Crippen molar-refractivity contribution in [2.45, 2.75) is 25.4 Å². The summed E-state index contributed by atoms with van der Waals surface area (Å²) >= 11 is 1.62. The molecule has 90 valence electrons. The van der Waals surface area contributed by atoms with Gasteiger partial charge in [-0.1, -0.05) is 0 Å². The van der Waals surface area contributed by atoms with Crippen molar-refractivity contribution in [2.75, 3.05) is 11.5 Å². The zero-order chi connectivity index (χ0) is 11.6. The first kappa shape index (κ1) is 12.1. The van der Waals surface area contributed by atoms with Crippen molar-refractivity contribution in [3.05, 3.63) is 22.4 Å². The lowest BCUT2D eigenvalue weighted by Crippen LogP contribution is -2.17. The largest absolute Gasteiger partial charge is 0.393 e. The van der Waals surface area contributed by atoms with Gasteiger partial charge in [-0.2, -0.15) is 11.3 Å². The summed E-state index contributed by atoms with van der Waals surface area (Å²) in [6.07, 6.45) is 1.55. The first-order valence-corrected chi connectivity index (χ1v) is 8.21. The van der Waals surface area contributed by atoms with Gasteiger partial charge >= 0.3 is 0 Å². The van der Waals surface area contributed by atoms with Crippen LogP contribution in [0.1, 0.15) is 18.4 Å². The number of hydrogen-bond acceptors (Lipinski definition) is 4. The van der Waals surface area contributed by atoms with Gasteiger partial charge in [-0.3, -0.25) is 0 Å². The van der Waals surface area contributed by atoms with Gasteiger partial charge in [0.05, 0.1) is 17.6 Å². The molecule has 1 aromatic rings. The molecular formula is C11H16O3S2. The molecule has 0 radical (unpaired) electrons. The normalized spacial score (nSPS) is 25.7. The minimum absolute atomic E-state index is 0.152. The van der Waals surface area contributed by atoms with Crippen LogP contribution in [0.25, 0.3) is 0 Å². The van der Waals surface area contributed by atoms with Gasteiger partial charge in [0.1, 0.15) is 0 Å². The molecule has 0 bridgehead atoms. The van der Waals surface area contributed by atoms with Gasteiger partial charge in [-0.15, -0.1) is 0 Å². The molecule has 0 aliphatic carbocycles. The second kappa shape index (κ2) is 4.85. The maximum Gasteiger partial charge on any atom is 0.150 e. The van der Waals surface area contributed by atoms with Crippen molar-refractivity contribution in [3.63, 3.8) is 0 Å². The molecule has 5 heteroatoms. The summed E-state index contributed by atoms with van der Waals surface area (Å²) in [5.41, 5.74) is 1.14. The third kappa shape index (κ3) is 3.30. The van der Waals surface area contributed by atoms with E-state index >= 15 is 0 Å². The van der Waals surface area contributed by atoms with Crippen LogP contribution in [0.4, 0.5) is 0 Å². The van der Waals surface area contributed by atoms with Crippen LogP contribution in [0.15, 0.2) is 16.8 Å². The molecule has 1 N–H and O–H groups in total. The monoisotopic (exact) mass is 260 g/mol. The summed E-state index contributed by atoms with van der Waals surface area (Å²) in [5, 5.41) is 13.9. The molecule has 0 aromatic carbocycles. The highest BCUT2D eigenvalue weighted by molar-refractivity contribution is 7.91. The van der Waals surface area contributed by atoms with Gasteiger partial charge in [0.2, 0.25) is 0 Å². The van der Waals surface area contributed by atoms with E-state index in [2.05, 4.69) is 0 Å². The van der Waals surface area contributed by atoms with Gasteiger partial charge in [0.15, 0.2) is 9.84 Å². The molecule has 3 nitrogen and oxygen atoms in total. The third-order valence-electron chi connectivity index (χ3n) is 2.98. The van der Waals surface area contributed by atoms with Crippen molar-refractivity contribution in [3.8, 4) is 0 Å². The fourth-order valence-electron chi connectivity index (χ4n) is 2.21. The van der Waals surface area contributed by atoms with Crippen molar-refractivity contribution < 1.29 is 13.5 Å². The summed E-state index contributed by atoms with van der Waals surface area (Å²) in [6.45, 7) is 0. The molecule has 1 saturated heterocycles. The van der Waals surface area contributed by atoms with Crippen LogP contribution < -0.4 is 0 Å². The van der Waals surface area contributed by atoms with Crippen LogP contribution in [0, 0.1) is 5.92 Å². The van der Waals surface area contributed by atoms with Gasteiger partial charge in [-0.05, 0) is 47.6 Å². The molecule has 2 rings (SSSR count). The van der Waals surface area contributed by atoms with Gasteiger partial charge in [0.25, 0.3) is 0 Å². The molecule has 1 fully saturated rings. The van der Waals surface area contributed by atoms with E-state index in [1.165, 1.54) is 0 Å². The first-order valence-electron chi connectivity index (χ1n) is 5.45. The van der Waals surface area contributed by atoms with E-state index in [0.29, 0.717) is 25.0 Å². The average molecular weight is 260 g/mol. The van der Waals surface area contributed by atoms with E-state index in [4.69, 9.17) is 0 Å². The zero-order valence-corrected chi connectivity index (χ0v) is 10.6. The van der Waals surface area contributed by atoms with Crippen molar-refractivity contribution in [2.24, 2.45) is 5.92 Å². The van der Waals surface area contributed by atoms with Crippen LogP contribution in [0.5, 0.6) is 0 Å². The van der Waals surface area contributed by atoms with E-state index in [0.717, 1.165) is 5.56 Å². The first-order chi connectivity index (χ1) is 7.55. The van der Waals surface area contributed by atoms with Crippen LogP contribution in [-0.4, -0.2) is 31.1 Å². The highest BCUT2D eigenvalue weighted by Crippen LogP contribution is 2.24. The molecule has 0 spiro atoms. The van der Waals surface area contributed by atoms with E-state index in [1.54, 1.807) is 11.3 Å². The van der Waals surface area contributed by atoms with Crippen LogP contribution in [0.3, 0.4) is 0 Å². The number of sulfone groups is 1. The highest BCUT2D eigenvalue weighted by atomic mass is 32.2. The number of aliphatic hydroxyl groups excluding tert-OH is 1. The second-order valence-electron chi connectivity index (χ2n) is 4.49. The van der Waals surface area contributed by atoms with Crippen LogP contribution in [0.2, 0.25) is 0 Å². The second-order valence-corrected chi connectivity index (χ2v) is 7.50. The van der Waals surface area contributed by atoms with Crippen LogP contribution >= 0.6 is 11.3 Å². The summed E-state index contributed by atoms with van der Waals surface area (Å²) < 4.78 is 22.5. The lowest BCUT2D eigenvalue weighted by Gasteiger charge is -2.13. The standard InChI is InChI=1S/C11H16O3S2/c12-11(5-9-1-3-15-7-9)6-10-2-4-16(13,14)8-10/h1,3,7,10-12H,2,4-6,8H2. The fourth-order valence-corrected chi connectivity index (χ4v) is 4.77.